The Morgan fingerprint density at radius 1 is 1.26 bits per heavy atom. The van der Waals surface area contributed by atoms with Crippen molar-refractivity contribution in [3.05, 3.63) is 27.2 Å². The lowest BCUT2D eigenvalue weighted by Crippen LogP contribution is -2.49. The molecule has 2 heterocycles. The summed E-state index contributed by atoms with van der Waals surface area (Å²) in [5.41, 5.74) is -3.80. The molecule has 3 saturated carbocycles. The third-order valence-electron chi connectivity index (χ3n) is 6.60. The predicted molar refractivity (Wildman–Crippen MR) is 90.2 cm³/mol. The first-order valence-corrected chi connectivity index (χ1v) is 8.78. The number of rotatable bonds is 3. The summed E-state index contributed by atoms with van der Waals surface area (Å²) < 4.78 is 43.6. The van der Waals surface area contributed by atoms with Gasteiger partial charge < -0.3 is 9.67 Å². The van der Waals surface area contributed by atoms with Gasteiger partial charge in [-0.25, -0.2) is 9.78 Å². The lowest BCUT2D eigenvalue weighted by Gasteiger charge is -2.40. The molecule has 0 aromatic carbocycles. The Bertz CT molecular complexity index is 1040. The number of imidazole rings is 1. The van der Waals surface area contributed by atoms with E-state index in [0.29, 0.717) is 12.8 Å². The van der Waals surface area contributed by atoms with E-state index in [2.05, 4.69) is 4.98 Å². The largest absolute Gasteiger partial charge is 0.417 e. The zero-order valence-corrected chi connectivity index (χ0v) is 15.2. The first kappa shape index (κ1) is 18.3. The molecule has 5 rings (SSSR count). The van der Waals surface area contributed by atoms with Crippen molar-refractivity contribution >= 4 is 11.2 Å². The van der Waals surface area contributed by atoms with Gasteiger partial charge in [0.1, 0.15) is 0 Å². The Hall–Kier alpha value is -2.10. The molecule has 2 bridgehead atoms. The molecule has 0 radical (unpaired) electrons. The van der Waals surface area contributed by atoms with Gasteiger partial charge in [-0.1, -0.05) is 0 Å². The second-order valence-electron chi connectivity index (χ2n) is 8.38. The van der Waals surface area contributed by atoms with Crippen molar-refractivity contribution in [3.8, 4) is 0 Å². The number of fused-ring (bicyclic) bond motifs is 2. The molecule has 2 unspecified atom stereocenters. The fourth-order valence-electron chi connectivity index (χ4n) is 5.07. The van der Waals surface area contributed by atoms with Gasteiger partial charge in [0.25, 0.3) is 5.56 Å². The van der Waals surface area contributed by atoms with Crippen LogP contribution in [0.4, 0.5) is 13.2 Å². The molecule has 27 heavy (non-hydrogen) atoms. The highest BCUT2D eigenvalue weighted by Gasteiger charge is 2.66. The molecular weight excluding hydrogens is 365 g/mol. The quantitative estimate of drug-likeness (QED) is 0.859. The van der Waals surface area contributed by atoms with Gasteiger partial charge in [-0.3, -0.25) is 13.9 Å². The maximum absolute atomic E-state index is 13.2. The Morgan fingerprint density at radius 3 is 2.48 bits per heavy atom. The van der Waals surface area contributed by atoms with Crippen LogP contribution in [0.25, 0.3) is 11.2 Å². The number of aryl methyl sites for hydroxylation is 2. The summed E-state index contributed by atoms with van der Waals surface area (Å²) in [7, 11) is 3.16. The van der Waals surface area contributed by atoms with Crippen molar-refractivity contribution in [3.63, 3.8) is 0 Å². The minimum atomic E-state index is -4.71. The van der Waals surface area contributed by atoms with E-state index in [1.54, 1.807) is 7.05 Å². The smallest absolute Gasteiger partial charge is 0.380 e. The highest BCUT2D eigenvalue weighted by molar-refractivity contribution is 5.69. The highest BCUT2D eigenvalue weighted by atomic mass is 19.4. The van der Waals surface area contributed by atoms with Gasteiger partial charge >= 0.3 is 11.9 Å². The molecule has 0 spiro atoms. The van der Waals surface area contributed by atoms with Gasteiger partial charge in [0, 0.05) is 20.6 Å². The van der Waals surface area contributed by atoms with Crippen molar-refractivity contribution in [1.29, 1.82) is 0 Å². The van der Waals surface area contributed by atoms with E-state index < -0.39 is 34.4 Å². The third-order valence-corrected chi connectivity index (χ3v) is 6.60. The molecule has 7 nitrogen and oxygen atoms in total. The minimum absolute atomic E-state index is 0.0561. The van der Waals surface area contributed by atoms with Gasteiger partial charge in [-0.2, -0.15) is 13.2 Å². The van der Waals surface area contributed by atoms with E-state index >= 15 is 0 Å². The topological polar surface area (TPSA) is 82.1 Å². The summed E-state index contributed by atoms with van der Waals surface area (Å²) in [4.78, 5) is 29.5. The van der Waals surface area contributed by atoms with Gasteiger partial charge in [0.2, 0.25) is 0 Å². The van der Waals surface area contributed by atoms with E-state index in [0.717, 1.165) is 11.5 Å². The maximum Gasteiger partial charge on any atom is 0.417 e. The zero-order valence-electron chi connectivity index (χ0n) is 15.2. The lowest BCUT2D eigenvalue weighted by molar-refractivity contribution is -0.274. The first-order chi connectivity index (χ1) is 12.4. The Kier molecular flexibility index (Phi) is 3.55. The Labute approximate surface area is 152 Å². The van der Waals surface area contributed by atoms with Crippen LogP contribution in [0, 0.1) is 17.3 Å². The second kappa shape index (κ2) is 5.24. The molecule has 3 aliphatic carbocycles. The summed E-state index contributed by atoms with van der Waals surface area (Å²) in [6, 6.07) is 0. The molecule has 0 amide bonds. The fourth-order valence-corrected chi connectivity index (χ4v) is 5.07. The van der Waals surface area contributed by atoms with Crippen LogP contribution < -0.4 is 11.2 Å². The van der Waals surface area contributed by atoms with Crippen LogP contribution in [-0.4, -0.2) is 35.6 Å². The molecule has 0 saturated heterocycles. The molecule has 0 aliphatic heterocycles. The third kappa shape index (κ3) is 2.35. The number of aromatic nitrogens is 4. The van der Waals surface area contributed by atoms with Crippen molar-refractivity contribution in [1.82, 2.24) is 18.7 Å². The second-order valence-corrected chi connectivity index (χ2v) is 8.38. The molecule has 3 fully saturated rings. The standard InChI is InChI=1S/C17H21F3N4O3/c1-15(27,17(18,19)20)10-6-16(4-9(10)5-16)7-24-13(25)11-12(21-8-22(11)2)23(3)14(24)26/h8-10,27H,4-7H2,1-3H3. The van der Waals surface area contributed by atoms with Crippen LogP contribution in [0.2, 0.25) is 0 Å². The molecule has 2 aromatic heterocycles. The molecule has 3 aliphatic rings. The van der Waals surface area contributed by atoms with Crippen LogP contribution >= 0.6 is 0 Å². The Balaban J connectivity index is 1.71. The molecule has 1 N–H and O–H groups in total. The minimum Gasteiger partial charge on any atom is -0.380 e. The number of halogens is 3. The molecular formula is C17H21F3N4O3. The van der Waals surface area contributed by atoms with E-state index in [9.17, 15) is 27.9 Å². The van der Waals surface area contributed by atoms with Crippen LogP contribution in [-0.2, 0) is 20.6 Å². The predicted octanol–water partition coefficient (Wildman–Crippen LogP) is 1.16. The summed E-state index contributed by atoms with van der Waals surface area (Å²) in [5.74, 6) is -1.17. The normalized spacial score (nSPS) is 29.7. The van der Waals surface area contributed by atoms with E-state index in [4.69, 9.17) is 0 Å². The Morgan fingerprint density at radius 2 is 1.89 bits per heavy atom. The number of nitrogens with zero attached hydrogens (tertiary/aromatic N) is 4. The number of hydrogen-bond donors (Lipinski definition) is 1. The monoisotopic (exact) mass is 386 g/mol. The van der Waals surface area contributed by atoms with Crippen LogP contribution in [0.3, 0.4) is 0 Å². The van der Waals surface area contributed by atoms with Gasteiger partial charge in [0.05, 0.1) is 6.33 Å². The van der Waals surface area contributed by atoms with Crippen molar-refractivity contribution < 1.29 is 18.3 Å². The molecule has 10 heteroatoms. The lowest BCUT2D eigenvalue weighted by atomic mass is 9.68. The first-order valence-electron chi connectivity index (χ1n) is 8.78. The summed E-state index contributed by atoms with van der Waals surface area (Å²) in [6.07, 6.45) is -2.18. The number of aliphatic hydroxyl groups is 1. The van der Waals surface area contributed by atoms with E-state index in [1.807, 2.05) is 0 Å². The van der Waals surface area contributed by atoms with Crippen molar-refractivity contribution in [2.24, 2.45) is 31.3 Å². The number of hydrogen-bond acceptors (Lipinski definition) is 4. The van der Waals surface area contributed by atoms with Gasteiger partial charge in [-0.05, 0) is 43.4 Å². The van der Waals surface area contributed by atoms with Crippen LogP contribution in [0.15, 0.2) is 15.9 Å². The van der Waals surface area contributed by atoms with E-state index in [1.165, 1.54) is 22.5 Å². The van der Waals surface area contributed by atoms with Gasteiger partial charge in [-0.15, -0.1) is 0 Å². The number of alkyl halides is 3. The SMILES string of the molecule is Cn1cnc2c1c(=O)n(CC13CC(C1)C(C(C)(O)C(F)(F)F)C3)c(=O)n2C. The molecule has 148 valence electrons. The zero-order chi connectivity index (χ0) is 19.9. The van der Waals surface area contributed by atoms with Crippen LogP contribution in [0.1, 0.15) is 26.2 Å². The average Bonchev–Trinajstić information content (AvgIpc) is 3.19. The summed E-state index contributed by atoms with van der Waals surface area (Å²) >= 11 is 0. The van der Waals surface area contributed by atoms with Crippen molar-refractivity contribution in [2.75, 3.05) is 0 Å². The van der Waals surface area contributed by atoms with Crippen molar-refractivity contribution in [2.45, 2.75) is 44.5 Å². The summed E-state index contributed by atoms with van der Waals surface area (Å²) in [6.45, 7) is 0.875. The maximum atomic E-state index is 13.2. The molecule has 2 aromatic rings. The van der Waals surface area contributed by atoms with E-state index in [-0.39, 0.29) is 30.0 Å². The van der Waals surface area contributed by atoms with Gasteiger partial charge in [0.15, 0.2) is 16.8 Å². The fraction of sp³-hybridized carbons (Fsp3) is 0.706. The summed E-state index contributed by atoms with van der Waals surface area (Å²) in [5, 5.41) is 10.1. The van der Waals surface area contributed by atoms with Crippen LogP contribution in [0.5, 0.6) is 0 Å². The molecule has 2 atom stereocenters. The highest BCUT2D eigenvalue weighted by Crippen LogP contribution is 2.66. The average molecular weight is 386 g/mol.